The summed E-state index contributed by atoms with van der Waals surface area (Å²) in [6, 6.07) is 11.9. The first kappa shape index (κ1) is 15.7. The van der Waals surface area contributed by atoms with Crippen molar-refractivity contribution in [3.8, 4) is 0 Å². The Hall–Kier alpha value is -1.23. The number of hydrogen-bond donors (Lipinski definition) is 1. The lowest BCUT2D eigenvalue weighted by Gasteiger charge is -2.11. The number of rotatable bonds is 5. The second kappa shape index (κ2) is 7.36. The van der Waals surface area contributed by atoms with E-state index >= 15 is 0 Å². The van der Waals surface area contributed by atoms with Gasteiger partial charge in [-0.05, 0) is 30.4 Å². The van der Waals surface area contributed by atoms with Crippen molar-refractivity contribution in [3.05, 3.63) is 41.4 Å². The van der Waals surface area contributed by atoms with Crippen LogP contribution in [0.15, 0.2) is 41.3 Å². The zero-order valence-corrected chi connectivity index (χ0v) is 13.8. The number of benzene rings is 2. The molecule has 0 radical (unpaired) electrons. The third-order valence-corrected chi connectivity index (χ3v) is 5.10. The predicted octanol–water partition coefficient (Wildman–Crippen LogP) is 3.88. The Morgan fingerprint density at radius 2 is 2.14 bits per heavy atom. The highest BCUT2D eigenvalue weighted by atomic mass is 35.5. The van der Waals surface area contributed by atoms with E-state index in [1.807, 2.05) is 36.4 Å². The van der Waals surface area contributed by atoms with E-state index in [9.17, 15) is 4.79 Å². The highest BCUT2D eigenvalue weighted by molar-refractivity contribution is 8.00. The summed E-state index contributed by atoms with van der Waals surface area (Å²) >= 11 is 7.81. The Bertz CT molecular complexity index is 666. The number of hydrogen-bond acceptors (Lipinski definition) is 3. The molecule has 0 bridgehead atoms. The minimum absolute atomic E-state index is 0.0320. The summed E-state index contributed by atoms with van der Waals surface area (Å²) in [4.78, 5) is 13.0. The molecular weight excluding hydrogens is 318 g/mol. The largest absolute Gasteiger partial charge is 0.376 e. The molecule has 116 valence electrons. The van der Waals surface area contributed by atoms with Gasteiger partial charge in [0.05, 0.1) is 11.9 Å². The lowest BCUT2D eigenvalue weighted by Crippen LogP contribution is -2.32. The second-order valence-corrected chi connectivity index (χ2v) is 6.75. The van der Waals surface area contributed by atoms with E-state index < -0.39 is 0 Å². The van der Waals surface area contributed by atoms with E-state index in [-0.39, 0.29) is 12.0 Å². The average molecular weight is 336 g/mol. The first-order valence-electron chi connectivity index (χ1n) is 7.42. The first-order chi connectivity index (χ1) is 10.7. The van der Waals surface area contributed by atoms with Crippen LogP contribution in [0.4, 0.5) is 0 Å². The zero-order chi connectivity index (χ0) is 15.4. The molecule has 1 amide bonds. The number of thioether (sulfide) groups is 1. The standard InChI is InChI=1S/C17H18ClNO2S/c18-14-7-1-4-12-5-2-8-15(17(12)14)22-11-16(20)19-10-13-6-3-9-21-13/h1-2,4-5,7-8,13H,3,6,9-11H2,(H,19,20). The molecule has 1 aliphatic heterocycles. The van der Waals surface area contributed by atoms with Crippen molar-refractivity contribution in [1.82, 2.24) is 5.32 Å². The van der Waals surface area contributed by atoms with Gasteiger partial charge >= 0.3 is 0 Å². The van der Waals surface area contributed by atoms with Gasteiger partial charge < -0.3 is 10.1 Å². The van der Waals surface area contributed by atoms with Crippen LogP contribution in [-0.4, -0.2) is 30.9 Å². The molecule has 2 aromatic carbocycles. The molecule has 5 heteroatoms. The van der Waals surface area contributed by atoms with Gasteiger partial charge in [0.15, 0.2) is 0 Å². The molecule has 3 nitrogen and oxygen atoms in total. The van der Waals surface area contributed by atoms with Crippen LogP contribution >= 0.6 is 23.4 Å². The van der Waals surface area contributed by atoms with E-state index in [4.69, 9.17) is 16.3 Å². The Balaban J connectivity index is 1.60. The third-order valence-electron chi connectivity index (χ3n) is 3.73. The molecular formula is C17H18ClNO2S. The van der Waals surface area contributed by atoms with E-state index in [0.717, 1.165) is 40.1 Å². The quantitative estimate of drug-likeness (QED) is 0.843. The van der Waals surface area contributed by atoms with Crippen molar-refractivity contribution in [2.24, 2.45) is 0 Å². The van der Waals surface area contributed by atoms with Gasteiger partial charge in [0, 0.05) is 28.5 Å². The number of carbonyl (C=O) groups excluding carboxylic acids is 1. The molecule has 22 heavy (non-hydrogen) atoms. The summed E-state index contributed by atoms with van der Waals surface area (Å²) in [6.45, 7) is 1.42. The molecule has 1 heterocycles. The zero-order valence-electron chi connectivity index (χ0n) is 12.2. The molecule has 1 saturated heterocycles. The SMILES string of the molecule is O=C(CSc1cccc2cccc(Cl)c12)NCC1CCCO1. The van der Waals surface area contributed by atoms with Gasteiger partial charge in [0.1, 0.15) is 0 Å². The van der Waals surface area contributed by atoms with Gasteiger partial charge in [0.2, 0.25) is 5.91 Å². The average Bonchev–Trinajstić information content (AvgIpc) is 3.04. The van der Waals surface area contributed by atoms with Crippen LogP contribution in [0.25, 0.3) is 10.8 Å². The number of ether oxygens (including phenoxy) is 1. The van der Waals surface area contributed by atoms with Gasteiger partial charge in [-0.15, -0.1) is 11.8 Å². The maximum Gasteiger partial charge on any atom is 0.230 e. The van der Waals surface area contributed by atoms with Crippen LogP contribution < -0.4 is 5.32 Å². The van der Waals surface area contributed by atoms with E-state index in [1.165, 1.54) is 11.8 Å². The van der Waals surface area contributed by atoms with Crippen molar-refractivity contribution in [2.45, 2.75) is 23.8 Å². The van der Waals surface area contributed by atoms with E-state index in [2.05, 4.69) is 5.32 Å². The molecule has 1 N–H and O–H groups in total. The van der Waals surface area contributed by atoms with Crippen LogP contribution in [0.5, 0.6) is 0 Å². The maximum atomic E-state index is 12.0. The third kappa shape index (κ3) is 3.75. The number of carbonyl (C=O) groups is 1. The second-order valence-electron chi connectivity index (χ2n) is 5.32. The number of fused-ring (bicyclic) bond motifs is 1. The summed E-state index contributed by atoms with van der Waals surface area (Å²) in [6.07, 6.45) is 2.30. The Kier molecular flexibility index (Phi) is 5.24. The summed E-state index contributed by atoms with van der Waals surface area (Å²) in [5, 5.41) is 5.77. The van der Waals surface area contributed by atoms with Crippen molar-refractivity contribution in [1.29, 1.82) is 0 Å². The monoisotopic (exact) mass is 335 g/mol. The van der Waals surface area contributed by atoms with Crippen LogP contribution in [0.2, 0.25) is 5.02 Å². The Morgan fingerprint density at radius 1 is 1.32 bits per heavy atom. The number of halogens is 1. The van der Waals surface area contributed by atoms with Crippen molar-refractivity contribution in [3.63, 3.8) is 0 Å². The summed E-state index contributed by atoms with van der Waals surface area (Å²) < 4.78 is 5.50. The highest BCUT2D eigenvalue weighted by Crippen LogP contribution is 2.33. The summed E-state index contributed by atoms with van der Waals surface area (Å²) in [5.74, 6) is 0.418. The molecule has 1 aliphatic rings. The van der Waals surface area contributed by atoms with E-state index in [1.54, 1.807) is 0 Å². The summed E-state index contributed by atoms with van der Waals surface area (Å²) in [7, 11) is 0. The summed E-state index contributed by atoms with van der Waals surface area (Å²) in [5.41, 5.74) is 0. The normalized spacial score (nSPS) is 17.8. The van der Waals surface area contributed by atoms with Crippen LogP contribution in [0.3, 0.4) is 0 Å². The van der Waals surface area contributed by atoms with E-state index in [0.29, 0.717) is 12.3 Å². The van der Waals surface area contributed by atoms with Crippen molar-refractivity contribution < 1.29 is 9.53 Å². The highest BCUT2D eigenvalue weighted by Gasteiger charge is 2.16. The van der Waals surface area contributed by atoms with Crippen LogP contribution in [0.1, 0.15) is 12.8 Å². The minimum atomic E-state index is 0.0320. The van der Waals surface area contributed by atoms with Crippen LogP contribution in [-0.2, 0) is 9.53 Å². The molecule has 0 aromatic heterocycles. The maximum absolute atomic E-state index is 12.0. The smallest absolute Gasteiger partial charge is 0.230 e. The molecule has 0 saturated carbocycles. The van der Waals surface area contributed by atoms with Gasteiger partial charge in [-0.25, -0.2) is 0 Å². The fourth-order valence-electron chi connectivity index (χ4n) is 2.61. The van der Waals surface area contributed by atoms with Crippen molar-refractivity contribution in [2.75, 3.05) is 18.9 Å². The number of nitrogens with one attached hydrogen (secondary N) is 1. The fraction of sp³-hybridized carbons (Fsp3) is 0.353. The number of amides is 1. The molecule has 1 unspecified atom stereocenters. The van der Waals surface area contributed by atoms with Gasteiger partial charge in [0.25, 0.3) is 0 Å². The van der Waals surface area contributed by atoms with Crippen molar-refractivity contribution >= 4 is 40.0 Å². The minimum Gasteiger partial charge on any atom is -0.376 e. The Morgan fingerprint density at radius 3 is 2.91 bits per heavy atom. The lowest BCUT2D eigenvalue weighted by molar-refractivity contribution is -0.119. The molecule has 0 spiro atoms. The lowest BCUT2D eigenvalue weighted by atomic mass is 10.1. The molecule has 2 aromatic rings. The first-order valence-corrected chi connectivity index (χ1v) is 8.79. The van der Waals surface area contributed by atoms with Gasteiger partial charge in [-0.1, -0.05) is 35.9 Å². The fourth-order valence-corrected chi connectivity index (χ4v) is 3.89. The van der Waals surface area contributed by atoms with Crippen LogP contribution in [0, 0.1) is 0 Å². The molecule has 0 aliphatic carbocycles. The topological polar surface area (TPSA) is 38.3 Å². The molecule has 1 fully saturated rings. The molecule has 1 atom stereocenters. The van der Waals surface area contributed by atoms with Gasteiger partial charge in [-0.2, -0.15) is 0 Å². The Labute approximate surface area is 139 Å². The molecule has 3 rings (SSSR count). The predicted molar refractivity (Wildman–Crippen MR) is 91.7 cm³/mol. The van der Waals surface area contributed by atoms with Gasteiger partial charge in [-0.3, -0.25) is 4.79 Å².